The molecule has 0 saturated heterocycles. The number of carbonyl (C=O) groups is 2. The summed E-state index contributed by atoms with van der Waals surface area (Å²) in [5, 5.41) is 3.58. The summed E-state index contributed by atoms with van der Waals surface area (Å²) in [6.45, 7) is 1.49. The summed E-state index contributed by atoms with van der Waals surface area (Å²) < 4.78 is 10.4. The minimum Gasteiger partial charge on any atom is -0.493 e. The SMILES string of the molecule is COc1cc(C(=O)N[C@@H](C)c2cccc(Cl)c2)cc(Cl)c1OCC(N)=O. The van der Waals surface area contributed by atoms with Gasteiger partial charge in [-0.3, -0.25) is 9.59 Å². The van der Waals surface area contributed by atoms with E-state index in [4.69, 9.17) is 38.4 Å². The van der Waals surface area contributed by atoms with Crippen LogP contribution >= 0.6 is 23.2 Å². The maximum atomic E-state index is 12.5. The molecule has 2 rings (SSSR count). The molecule has 0 aliphatic rings. The molecule has 3 N–H and O–H groups in total. The van der Waals surface area contributed by atoms with Crippen LogP contribution in [0.5, 0.6) is 11.5 Å². The van der Waals surface area contributed by atoms with Crippen LogP contribution in [-0.2, 0) is 4.79 Å². The van der Waals surface area contributed by atoms with Gasteiger partial charge in [-0.15, -0.1) is 0 Å². The second-order valence-corrected chi connectivity index (χ2v) is 6.34. The van der Waals surface area contributed by atoms with Gasteiger partial charge in [-0.25, -0.2) is 0 Å². The fraction of sp³-hybridized carbons (Fsp3) is 0.222. The first-order valence-electron chi connectivity index (χ1n) is 7.66. The lowest BCUT2D eigenvalue weighted by Gasteiger charge is -2.16. The Kier molecular flexibility index (Phi) is 6.71. The fourth-order valence-electron chi connectivity index (χ4n) is 2.27. The molecule has 6 nitrogen and oxygen atoms in total. The maximum absolute atomic E-state index is 12.5. The molecule has 138 valence electrons. The van der Waals surface area contributed by atoms with Crippen LogP contribution in [0.25, 0.3) is 0 Å². The van der Waals surface area contributed by atoms with Crippen molar-refractivity contribution in [2.24, 2.45) is 5.73 Å². The topological polar surface area (TPSA) is 90.7 Å². The zero-order valence-corrected chi connectivity index (χ0v) is 15.7. The molecule has 0 radical (unpaired) electrons. The Morgan fingerprint density at radius 3 is 2.58 bits per heavy atom. The van der Waals surface area contributed by atoms with Gasteiger partial charge >= 0.3 is 0 Å². The van der Waals surface area contributed by atoms with Crippen molar-refractivity contribution >= 4 is 35.0 Å². The lowest BCUT2D eigenvalue weighted by molar-refractivity contribution is -0.119. The van der Waals surface area contributed by atoms with E-state index >= 15 is 0 Å². The minimum absolute atomic E-state index is 0.131. The fourth-order valence-corrected chi connectivity index (χ4v) is 2.74. The molecule has 0 aliphatic heterocycles. The van der Waals surface area contributed by atoms with Crippen molar-refractivity contribution in [1.82, 2.24) is 5.32 Å². The summed E-state index contributed by atoms with van der Waals surface area (Å²) in [7, 11) is 1.40. The van der Waals surface area contributed by atoms with Crippen molar-refractivity contribution in [3.05, 3.63) is 57.6 Å². The van der Waals surface area contributed by atoms with Gasteiger partial charge in [-0.1, -0.05) is 35.3 Å². The first-order valence-corrected chi connectivity index (χ1v) is 8.42. The number of hydrogen-bond donors (Lipinski definition) is 2. The third-order valence-corrected chi connectivity index (χ3v) is 4.06. The molecule has 2 aromatic carbocycles. The number of rotatable bonds is 7. The molecule has 0 aromatic heterocycles. The van der Waals surface area contributed by atoms with Gasteiger partial charge in [0.2, 0.25) is 0 Å². The van der Waals surface area contributed by atoms with Crippen molar-refractivity contribution in [3.8, 4) is 11.5 Å². The highest BCUT2D eigenvalue weighted by atomic mass is 35.5. The maximum Gasteiger partial charge on any atom is 0.255 e. The van der Waals surface area contributed by atoms with Crippen LogP contribution in [-0.4, -0.2) is 25.5 Å². The molecule has 2 aromatic rings. The largest absolute Gasteiger partial charge is 0.493 e. The van der Waals surface area contributed by atoms with E-state index in [0.29, 0.717) is 5.02 Å². The highest BCUT2D eigenvalue weighted by Gasteiger charge is 2.18. The molecule has 0 unspecified atom stereocenters. The lowest BCUT2D eigenvalue weighted by Crippen LogP contribution is -2.26. The Bertz CT molecular complexity index is 827. The van der Waals surface area contributed by atoms with Gasteiger partial charge < -0.3 is 20.5 Å². The molecule has 26 heavy (non-hydrogen) atoms. The van der Waals surface area contributed by atoms with Gasteiger partial charge in [-0.05, 0) is 36.8 Å². The monoisotopic (exact) mass is 396 g/mol. The van der Waals surface area contributed by atoms with Crippen LogP contribution in [0, 0.1) is 0 Å². The first kappa shape index (κ1) is 19.9. The number of carbonyl (C=O) groups excluding carboxylic acids is 2. The highest BCUT2D eigenvalue weighted by Crippen LogP contribution is 2.36. The van der Waals surface area contributed by atoms with Crippen molar-refractivity contribution in [2.75, 3.05) is 13.7 Å². The summed E-state index contributed by atoms with van der Waals surface area (Å²) in [5.41, 5.74) is 6.21. The number of halogens is 2. The van der Waals surface area contributed by atoms with Crippen LogP contribution in [0.15, 0.2) is 36.4 Å². The molecule has 1 atom stereocenters. The first-order chi connectivity index (χ1) is 12.3. The Morgan fingerprint density at radius 2 is 1.96 bits per heavy atom. The predicted molar refractivity (Wildman–Crippen MR) is 100 cm³/mol. The van der Waals surface area contributed by atoms with Gasteiger partial charge in [0.15, 0.2) is 18.1 Å². The smallest absolute Gasteiger partial charge is 0.255 e. The number of amides is 2. The highest BCUT2D eigenvalue weighted by molar-refractivity contribution is 6.32. The summed E-state index contributed by atoms with van der Waals surface area (Å²) >= 11 is 12.1. The Hall–Kier alpha value is -2.44. The van der Waals surface area contributed by atoms with E-state index in [1.54, 1.807) is 12.1 Å². The number of methoxy groups -OCH3 is 1. The molecule has 0 heterocycles. The van der Waals surface area contributed by atoms with Gasteiger partial charge in [0.05, 0.1) is 18.2 Å². The van der Waals surface area contributed by atoms with E-state index < -0.39 is 5.91 Å². The third kappa shape index (κ3) is 5.03. The molecule has 0 bridgehead atoms. The lowest BCUT2D eigenvalue weighted by atomic mass is 10.1. The third-order valence-electron chi connectivity index (χ3n) is 3.55. The molecule has 0 spiro atoms. The van der Waals surface area contributed by atoms with Crippen LogP contribution in [0.4, 0.5) is 0 Å². The molecule has 0 saturated carbocycles. The number of nitrogens with one attached hydrogen (secondary N) is 1. The molecular formula is C18H18Cl2N2O4. The molecule has 2 amide bonds. The normalized spacial score (nSPS) is 11.5. The average molecular weight is 397 g/mol. The Balaban J connectivity index is 2.20. The zero-order chi connectivity index (χ0) is 19.3. The van der Waals surface area contributed by atoms with E-state index in [2.05, 4.69) is 5.32 Å². The van der Waals surface area contributed by atoms with E-state index in [1.165, 1.54) is 19.2 Å². The predicted octanol–water partition coefficient (Wildman–Crippen LogP) is 3.36. The van der Waals surface area contributed by atoms with Crippen LogP contribution < -0.4 is 20.5 Å². The summed E-state index contributed by atoms with van der Waals surface area (Å²) in [5.74, 6) is -0.633. The molecule has 0 fully saturated rings. The standard InChI is InChI=1S/C18H18Cl2N2O4/c1-10(11-4-3-5-13(19)6-11)22-18(24)12-7-14(20)17(15(8-12)25-2)26-9-16(21)23/h3-8,10H,9H2,1-2H3,(H2,21,23)(H,22,24)/t10-/m0/s1. The summed E-state index contributed by atoms with van der Waals surface area (Å²) in [6, 6.07) is 9.85. The Labute approximate surface area is 161 Å². The van der Waals surface area contributed by atoms with Crippen molar-refractivity contribution in [1.29, 1.82) is 0 Å². The van der Waals surface area contributed by atoms with Gasteiger partial charge in [-0.2, -0.15) is 0 Å². The van der Waals surface area contributed by atoms with E-state index in [-0.39, 0.29) is 40.6 Å². The number of primary amides is 1. The van der Waals surface area contributed by atoms with Crippen LogP contribution in [0.1, 0.15) is 28.9 Å². The van der Waals surface area contributed by atoms with E-state index in [9.17, 15) is 9.59 Å². The van der Waals surface area contributed by atoms with Gasteiger partial charge in [0.1, 0.15) is 0 Å². The van der Waals surface area contributed by atoms with Crippen LogP contribution in [0.3, 0.4) is 0 Å². The molecule has 0 aliphatic carbocycles. The van der Waals surface area contributed by atoms with Crippen molar-refractivity contribution < 1.29 is 19.1 Å². The second kappa shape index (κ2) is 8.78. The number of nitrogens with two attached hydrogens (primary N) is 1. The van der Waals surface area contributed by atoms with Crippen molar-refractivity contribution in [3.63, 3.8) is 0 Å². The minimum atomic E-state index is -0.653. The summed E-state index contributed by atoms with van der Waals surface area (Å²) in [4.78, 5) is 23.4. The van der Waals surface area contributed by atoms with Gasteiger partial charge in [0, 0.05) is 10.6 Å². The number of benzene rings is 2. The van der Waals surface area contributed by atoms with E-state index in [1.807, 2.05) is 19.1 Å². The zero-order valence-electron chi connectivity index (χ0n) is 14.2. The number of ether oxygens (including phenoxy) is 2. The van der Waals surface area contributed by atoms with Crippen molar-refractivity contribution in [2.45, 2.75) is 13.0 Å². The molecular weight excluding hydrogens is 379 g/mol. The quantitative estimate of drug-likeness (QED) is 0.750. The summed E-state index contributed by atoms with van der Waals surface area (Å²) in [6.07, 6.45) is 0. The molecule has 8 heteroatoms. The van der Waals surface area contributed by atoms with Crippen LogP contribution in [0.2, 0.25) is 10.0 Å². The Morgan fingerprint density at radius 1 is 1.23 bits per heavy atom. The number of hydrogen-bond acceptors (Lipinski definition) is 4. The average Bonchev–Trinajstić information content (AvgIpc) is 2.59. The second-order valence-electron chi connectivity index (χ2n) is 5.49. The van der Waals surface area contributed by atoms with Gasteiger partial charge in [0.25, 0.3) is 11.8 Å². The van der Waals surface area contributed by atoms with E-state index in [0.717, 1.165) is 5.56 Å².